The fourth-order valence-electron chi connectivity index (χ4n) is 2.29. The second-order valence-electron chi connectivity index (χ2n) is 6.47. The number of methoxy groups -OCH3 is 1. The van der Waals surface area contributed by atoms with Crippen LogP contribution in [0.15, 0.2) is 60.7 Å². The number of hydrogen-bond donors (Lipinski definition) is 0. The van der Waals surface area contributed by atoms with Gasteiger partial charge in [0.2, 0.25) is 0 Å². The van der Waals surface area contributed by atoms with Gasteiger partial charge >= 0.3 is 54.2 Å². The summed E-state index contributed by atoms with van der Waals surface area (Å²) in [5.74, 6) is 7.07. The van der Waals surface area contributed by atoms with Crippen LogP contribution in [0.1, 0.15) is 22.5 Å². The molecule has 3 aromatic rings. The maximum absolute atomic E-state index is 10.7. The number of halogens is 7. The third-order valence-electron chi connectivity index (χ3n) is 3.52. The van der Waals surface area contributed by atoms with Gasteiger partial charge in [-0.05, 0) is 55.3 Å². The van der Waals surface area contributed by atoms with Crippen LogP contribution in [0.3, 0.4) is 0 Å². The summed E-state index contributed by atoms with van der Waals surface area (Å²) in [5, 5.41) is 9.33. The number of nitrogens with zero attached hydrogens (tertiary/aromatic N) is 2. The molecule has 0 saturated heterocycles. The Morgan fingerprint density at radius 3 is 2.00 bits per heavy atom. The van der Waals surface area contributed by atoms with E-state index >= 15 is 0 Å². The van der Waals surface area contributed by atoms with E-state index < -0.39 is 29.0 Å². The molecule has 0 spiro atoms. The van der Waals surface area contributed by atoms with Crippen molar-refractivity contribution in [3.05, 3.63) is 90.3 Å². The van der Waals surface area contributed by atoms with Crippen LogP contribution >= 0.6 is 7.81 Å². The number of pyridine rings is 1. The number of nitriles is 1. The number of benzene rings is 2. The zero-order chi connectivity index (χ0) is 24.8. The van der Waals surface area contributed by atoms with Gasteiger partial charge in [0.1, 0.15) is 11.4 Å². The van der Waals surface area contributed by atoms with Crippen molar-refractivity contribution in [3.63, 3.8) is 0 Å². The van der Waals surface area contributed by atoms with Gasteiger partial charge in [0.05, 0.1) is 18.7 Å². The molecule has 0 aliphatic heterocycles. The second-order valence-corrected chi connectivity index (χ2v) is 11.4. The summed E-state index contributed by atoms with van der Waals surface area (Å²) in [4.78, 5) is 4.39. The van der Waals surface area contributed by atoms with Crippen molar-refractivity contribution >= 4 is 7.81 Å². The molecule has 0 radical (unpaired) electrons. The van der Waals surface area contributed by atoms with E-state index in [4.69, 9.17) is 4.74 Å². The molecule has 0 aliphatic rings. The van der Waals surface area contributed by atoms with E-state index in [0.717, 1.165) is 26.3 Å². The van der Waals surface area contributed by atoms with Crippen LogP contribution in [0.4, 0.5) is 25.2 Å². The first kappa shape index (κ1) is 26.4. The van der Waals surface area contributed by atoms with Crippen molar-refractivity contribution in [1.82, 2.24) is 4.98 Å². The summed E-state index contributed by atoms with van der Waals surface area (Å²) >= 11 is -0.391. The molecule has 0 N–H and O–H groups in total. The van der Waals surface area contributed by atoms with Gasteiger partial charge in [-0.2, -0.15) is 5.26 Å². The third kappa shape index (κ3) is 12.1. The number of ether oxygens (including phenoxy) is 1. The Balaban J connectivity index is 0.000000479. The fourth-order valence-corrected chi connectivity index (χ4v) is 4.71. The van der Waals surface area contributed by atoms with Crippen LogP contribution in [0.2, 0.25) is 0 Å². The summed E-state index contributed by atoms with van der Waals surface area (Å²) in [7, 11) is -9.00. The summed E-state index contributed by atoms with van der Waals surface area (Å²) in [5.41, 5.74) is 3.15. The third-order valence-corrected chi connectivity index (χ3v) is 6.11. The maximum atomic E-state index is 9.87. The SMILES string of the molecule is COc1ccc([I+]c2cc(C#N)cc(C#Cc3cccc(C)n3)c2)cc1.F[P-](F)(F)(F)(F)F. The minimum absolute atomic E-state index is 0.391. The van der Waals surface area contributed by atoms with Gasteiger partial charge in [-0.1, -0.05) is 12.0 Å². The van der Waals surface area contributed by atoms with Gasteiger partial charge in [-0.15, -0.1) is 0 Å². The van der Waals surface area contributed by atoms with Crippen LogP contribution < -0.4 is 25.9 Å². The molecular weight excluding hydrogens is 580 g/mol. The molecule has 0 atom stereocenters. The molecule has 0 unspecified atom stereocenters. The number of rotatable bonds is 3. The van der Waals surface area contributed by atoms with Crippen LogP contribution in [-0.4, -0.2) is 12.1 Å². The topological polar surface area (TPSA) is 45.9 Å². The Morgan fingerprint density at radius 1 is 0.848 bits per heavy atom. The summed E-state index contributed by atoms with van der Waals surface area (Å²) in [6.45, 7) is 1.94. The van der Waals surface area contributed by atoms with Gasteiger partial charge < -0.3 is 4.74 Å². The van der Waals surface area contributed by atoms with E-state index in [2.05, 4.69) is 41.1 Å². The van der Waals surface area contributed by atoms with Crippen molar-refractivity contribution in [1.29, 1.82) is 5.26 Å². The molecule has 33 heavy (non-hydrogen) atoms. The van der Waals surface area contributed by atoms with Crippen LogP contribution in [0, 0.1) is 37.2 Å². The number of aryl methyl sites for hydroxylation is 1. The molecular formula is C22H16F6IN2OP. The molecule has 174 valence electrons. The van der Waals surface area contributed by atoms with Crippen LogP contribution in [0.25, 0.3) is 0 Å². The normalized spacial score (nSPS) is 12.6. The molecule has 0 aliphatic carbocycles. The molecule has 1 aromatic heterocycles. The predicted molar refractivity (Wildman–Crippen MR) is 110 cm³/mol. The quantitative estimate of drug-likeness (QED) is 0.198. The summed E-state index contributed by atoms with van der Waals surface area (Å²) < 4.78 is 66.8. The zero-order valence-corrected chi connectivity index (χ0v) is 20.2. The first-order valence-corrected chi connectivity index (χ1v) is 13.2. The van der Waals surface area contributed by atoms with Gasteiger partial charge in [0.15, 0.2) is 7.14 Å². The molecule has 2 aromatic carbocycles. The molecule has 1 heterocycles. The van der Waals surface area contributed by atoms with Crippen LogP contribution in [0.5, 0.6) is 5.75 Å². The molecule has 0 bridgehead atoms. The molecule has 0 saturated carbocycles. The Labute approximate surface area is 196 Å². The predicted octanol–water partition coefficient (Wildman–Crippen LogP) is 4.18. The van der Waals surface area contributed by atoms with E-state index in [9.17, 15) is 30.4 Å². The summed E-state index contributed by atoms with van der Waals surface area (Å²) in [6, 6.07) is 21.9. The average molecular weight is 596 g/mol. The Kier molecular flexibility index (Phi) is 7.67. The molecule has 3 nitrogen and oxygen atoms in total. The van der Waals surface area contributed by atoms with Gasteiger partial charge in [0.25, 0.3) is 0 Å². The number of aromatic nitrogens is 1. The van der Waals surface area contributed by atoms with Crippen LogP contribution in [-0.2, 0) is 0 Å². The first-order valence-electron chi connectivity index (χ1n) is 8.97. The molecule has 0 fully saturated rings. The standard InChI is InChI=1S/C22H16IN2O.F6P/c1-16-4-3-5-21(25-16)9-6-17-12-18(15-24)14-20(13-17)23-19-7-10-22(26-2)11-8-19;1-7(2,3,4,5)6/h3-5,7-8,10-14H,1-2H3;/q+1;-1. The van der Waals surface area contributed by atoms with Gasteiger partial charge in [-0.25, -0.2) is 4.98 Å². The molecule has 11 heteroatoms. The second kappa shape index (κ2) is 9.58. The van der Waals surface area contributed by atoms with E-state index in [0.29, 0.717) is 5.56 Å². The van der Waals surface area contributed by atoms with E-state index in [1.807, 2.05) is 49.4 Å². The summed E-state index contributed by atoms with van der Waals surface area (Å²) in [6.07, 6.45) is 0. The van der Waals surface area contributed by atoms with Crippen molar-refractivity contribution in [2.75, 3.05) is 7.11 Å². The monoisotopic (exact) mass is 596 g/mol. The van der Waals surface area contributed by atoms with Crippen molar-refractivity contribution in [2.45, 2.75) is 6.92 Å². The average Bonchev–Trinajstić information content (AvgIpc) is 2.70. The van der Waals surface area contributed by atoms with Crippen molar-refractivity contribution < 1.29 is 51.1 Å². The Morgan fingerprint density at radius 2 is 1.45 bits per heavy atom. The minimum atomic E-state index is -10.7. The first-order chi connectivity index (χ1) is 15.1. The zero-order valence-electron chi connectivity index (χ0n) is 17.2. The Bertz CT molecular complexity index is 1230. The van der Waals surface area contributed by atoms with Gasteiger partial charge in [0, 0.05) is 23.4 Å². The number of hydrogen-bond acceptors (Lipinski definition) is 3. The van der Waals surface area contributed by atoms with Crippen molar-refractivity contribution in [2.24, 2.45) is 0 Å². The fraction of sp³-hybridized carbons (Fsp3) is 0.0909. The van der Waals surface area contributed by atoms with E-state index in [1.165, 1.54) is 3.57 Å². The molecule has 3 rings (SSSR count). The van der Waals surface area contributed by atoms with E-state index in [1.54, 1.807) is 7.11 Å². The van der Waals surface area contributed by atoms with E-state index in [-0.39, 0.29) is 0 Å². The molecule has 0 amide bonds. The van der Waals surface area contributed by atoms with Crippen molar-refractivity contribution in [3.8, 4) is 23.7 Å². The van der Waals surface area contributed by atoms with Gasteiger partial charge in [-0.3, -0.25) is 0 Å². The Hall–Kier alpha value is -2.82.